The van der Waals surface area contributed by atoms with E-state index in [-0.39, 0.29) is 52.1 Å². The van der Waals surface area contributed by atoms with Crippen molar-refractivity contribution in [3.8, 4) is 5.75 Å². The van der Waals surface area contributed by atoms with Gasteiger partial charge in [0.15, 0.2) is 0 Å². The summed E-state index contributed by atoms with van der Waals surface area (Å²) in [5.41, 5.74) is -0.609. The van der Waals surface area contributed by atoms with Crippen molar-refractivity contribution in [3.63, 3.8) is 0 Å². The number of β-amino-alcohol motifs (C(OH)–C–C–N with tert-alkyl or cyclic N) is 1. The molecular weight excluding hydrogens is 504 g/mol. The second-order valence-electron chi connectivity index (χ2n) is 7.28. The Morgan fingerprint density at radius 2 is 1.86 bits per heavy atom. The van der Waals surface area contributed by atoms with E-state index >= 15 is 0 Å². The van der Waals surface area contributed by atoms with Gasteiger partial charge in [-0.15, -0.1) is 0 Å². The number of methoxy groups -OCH3 is 1. The molecule has 0 fully saturated rings. The summed E-state index contributed by atoms with van der Waals surface area (Å²) in [6.45, 7) is -0.577. The number of aromatic hydroxyl groups is 1. The smallest absolute Gasteiger partial charge is 0.337 e. The van der Waals surface area contributed by atoms with E-state index in [0.717, 1.165) is 31.4 Å². The molecule has 2 aromatic rings. The monoisotopic (exact) mass is 526 g/mol. The van der Waals surface area contributed by atoms with E-state index in [1.54, 1.807) is 0 Å². The van der Waals surface area contributed by atoms with Gasteiger partial charge in [-0.2, -0.15) is 0 Å². The van der Waals surface area contributed by atoms with Crippen LogP contribution in [0.5, 0.6) is 5.75 Å². The third-order valence-corrected chi connectivity index (χ3v) is 7.20. The molecule has 35 heavy (non-hydrogen) atoms. The van der Waals surface area contributed by atoms with Gasteiger partial charge in [-0.1, -0.05) is 6.07 Å². The number of phenols is 1. The number of rotatable bonds is 9. The zero-order valence-electron chi connectivity index (χ0n) is 18.3. The Bertz CT molecular complexity index is 1420. The summed E-state index contributed by atoms with van der Waals surface area (Å²) in [6.07, 6.45) is 0. The minimum Gasteiger partial charge on any atom is -0.506 e. The fraction of sp³-hybridized carbons (Fsp3) is 0.200. The van der Waals surface area contributed by atoms with Gasteiger partial charge in [0.1, 0.15) is 11.4 Å². The number of nitrogens with zero attached hydrogens (tertiary/aromatic N) is 1. The minimum atomic E-state index is -4.29. The summed E-state index contributed by atoms with van der Waals surface area (Å²) in [5, 5.41) is 27.1. The zero-order chi connectivity index (χ0) is 26.0. The number of hydrogen-bond acceptors (Lipinski definition) is 10. The van der Waals surface area contributed by atoms with Crippen molar-refractivity contribution in [2.24, 2.45) is 5.14 Å². The maximum atomic E-state index is 12.9. The molecule has 0 radical (unpaired) electrons. The van der Waals surface area contributed by atoms with Crippen LogP contribution in [0.2, 0.25) is 0 Å². The Balaban J connectivity index is 1.95. The van der Waals surface area contributed by atoms with Crippen LogP contribution >= 0.6 is 0 Å². The van der Waals surface area contributed by atoms with Gasteiger partial charge in [-0.3, -0.25) is 9.52 Å². The fourth-order valence-electron chi connectivity index (χ4n) is 3.22. The van der Waals surface area contributed by atoms with Crippen LogP contribution in [0, 0.1) is 0 Å². The Kier molecular flexibility index (Phi) is 7.35. The highest BCUT2D eigenvalue weighted by molar-refractivity contribution is 7.92. The van der Waals surface area contributed by atoms with E-state index in [2.05, 4.69) is 14.8 Å². The number of nitrogens with one attached hydrogen (secondary N) is 2. The highest BCUT2D eigenvalue weighted by Gasteiger charge is 2.35. The van der Waals surface area contributed by atoms with Crippen molar-refractivity contribution in [2.75, 3.05) is 36.8 Å². The lowest BCUT2D eigenvalue weighted by atomic mass is 10.2. The fourth-order valence-corrected chi connectivity index (χ4v) is 4.85. The Hall–Kier alpha value is -3.66. The molecule has 0 saturated heterocycles. The molecule has 6 N–H and O–H groups in total. The quantitative estimate of drug-likeness (QED) is 0.209. The Morgan fingerprint density at radius 1 is 1.14 bits per heavy atom. The van der Waals surface area contributed by atoms with Crippen molar-refractivity contribution < 1.29 is 41.4 Å². The van der Waals surface area contributed by atoms with E-state index in [1.165, 1.54) is 23.1 Å². The molecule has 0 atom stereocenters. The van der Waals surface area contributed by atoms with Crippen LogP contribution in [-0.2, 0) is 34.4 Å². The molecule has 0 unspecified atom stereocenters. The van der Waals surface area contributed by atoms with Crippen LogP contribution in [0.1, 0.15) is 0 Å². The normalized spacial score (nSPS) is 14.3. The molecule has 1 aliphatic rings. The van der Waals surface area contributed by atoms with E-state index < -0.39 is 37.7 Å². The summed E-state index contributed by atoms with van der Waals surface area (Å²) in [4.78, 5) is 25.4. The van der Waals surface area contributed by atoms with Crippen LogP contribution in [-0.4, -0.2) is 70.6 Å². The molecule has 188 valence electrons. The molecular formula is C20H22N4O9S2. The molecule has 0 spiro atoms. The number of carbonyl (C=O) groups excluding carboxylic acids is 2. The molecule has 0 saturated carbocycles. The van der Waals surface area contributed by atoms with Crippen molar-refractivity contribution >= 4 is 43.3 Å². The van der Waals surface area contributed by atoms with Gasteiger partial charge < -0.3 is 25.2 Å². The molecule has 1 aliphatic heterocycles. The highest BCUT2D eigenvalue weighted by atomic mass is 32.2. The Morgan fingerprint density at radius 3 is 2.49 bits per heavy atom. The number of amides is 1. The second-order valence-corrected chi connectivity index (χ2v) is 10.5. The summed E-state index contributed by atoms with van der Waals surface area (Å²) < 4.78 is 55.8. The van der Waals surface area contributed by atoms with E-state index in [1.807, 2.05) is 0 Å². The van der Waals surface area contributed by atoms with Crippen LogP contribution in [0.25, 0.3) is 0 Å². The molecule has 0 aromatic heterocycles. The number of benzene rings is 2. The number of hydrogen-bond donors (Lipinski definition) is 5. The standard InChI is InChI=1S/C20H22N4O9S2/c1-33-20(28)15-11-24(7-8-25)19(27)18(15)22-16-10-14(5-6-17(16)26)35(31,32)23-12-3-2-4-13(9-12)34(21,29)30/h2-6,9-10,22-23,25-26H,7-8,11H2,1H3,(H2,21,29,30). The molecule has 3 rings (SSSR count). The Labute approximate surface area is 200 Å². The van der Waals surface area contributed by atoms with Crippen LogP contribution in [0.4, 0.5) is 11.4 Å². The van der Waals surface area contributed by atoms with E-state index in [0.29, 0.717) is 0 Å². The number of sulfonamides is 2. The number of carbonyl (C=O) groups is 2. The molecule has 13 nitrogen and oxygen atoms in total. The number of phenolic OH excluding ortho intramolecular Hbond substituents is 1. The number of esters is 1. The first-order chi connectivity index (χ1) is 16.4. The largest absolute Gasteiger partial charge is 0.506 e. The summed E-state index contributed by atoms with van der Waals surface area (Å²) in [5.74, 6) is -1.91. The average Bonchev–Trinajstić information content (AvgIpc) is 3.09. The van der Waals surface area contributed by atoms with E-state index in [4.69, 9.17) is 10.2 Å². The molecule has 1 heterocycles. The van der Waals surface area contributed by atoms with Crippen LogP contribution in [0.3, 0.4) is 0 Å². The summed E-state index contributed by atoms with van der Waals surface area (Å²) in [7, 11) is -7.24. The third kappa shape index (κ3) is 5.71. The first kappa shape index (κ1) is 26.0. The number of anilines is 2. The molecule has 0 aliphatic carbocycles. The lowest BCUT2D eigenvalue weighted by molar-refractivity contribution is -0.136. The highest BCUT2D eigenvalue weighted by Crippen LogP contribution is 2.31. The van der Waals surface area contributed by atoms with Gasteiger partial charge >= 0.3 is 5.97 Å². The topological polar surface area (TPSA) is 205 Å². The van der Waals surface area contributed by atoms with Crippen molar-refractivity contribution in [3.05, 3.63) is 53.7 Å². The molecule has 15 heteroatoms. The zero-order valence-corrected chi connectivity index (χ0v) is 19.9. The van der Waals surface area contributed by atoms with Crippen LogP contribution < -0.4 is 15.2 Å². The second kappa shape index (κ2) is 9.91. The first-order valence-corrected chi connectivity index (χ1v) is 12.9. The number of aliphatic hydroxyl groups excluding tert-OH is 1. The number of aliphatic hydroxyl groups is 1. The van der Waals surface area contributed by atoms with Gasteiger partial charge in [0.25, 0.3) is 15.9 Å². The van der Waals surface area contributed by atoms with Gasteiger partial charge in [0.2, 0.25) is 10.0 Å². The molecule has 2 aromatic carbocycles. The minimum absolute atomic E-state index is 0.0631. The van der Waals surface area contributed by atoms with Gasteiger partial charge in [0, 0.05) is 6.54 Å². The molecule has 0 bridgehead atoms. The van der Waals surface area contributed by atoms with Crippen LogP contribution in [0.15, 0.2) is 63.5 Å². The third-order valence-electron chi connectivity index (χ3n) is 4.91. The maximum Gasteiger partial charge on any atom is 0.337 e. The van der Waals surface area contributed by atoms with Gasteiger partial charge in [-0.25, -0.2) is 26.8 Å². The van der Waals surface area contributed by atoms with Crippen molar-refractivity contribution in [1.29, 1.82) is 0 Å². The van der Waals surface area contributed by atoms with Crippen molar-refractivity contribution in [1.82, 2.24) is 4.90 Å². The number of ether oxygens (including phenoxy) is 1. The maximum absolute atomic E-state index is 12.9. The van der Waals surface area contributed by atoms with Gasteiger partial charge in [-0.05, 0) is 36.4 Å². The lowest BCUT2D eigenvalue weighted by Crippen LogP contribution is -2.31. The first-order valence-electron chi connectivity index (χ1n) is 9.84. The lowest BCUT2D eigenvalue weighted by Gasteiger charge is -2.16. The average molecular weight is 527 g/mol. The molecule has 1 amide bonds. The predicted octanol–water partition coefficient (Wildman–Crippen LogP) is -0.486. The number of primary sulfonamides is 1. The van der Waals surface area contributed by atoms with Crippen molar-refractivity contribution in [2.45, 2.75) is 9.79 Å². The summed E-state index contributed by atoms with van der Waals surface area (Å²) >= 11 is 0. The number of nitrogens with two attached hydrogens (primary N) is 1. The predicted molar refractivity (Wildman–Crippen MR) is 123 cm³/mol. The summed E-state index contributed by atoms with van der Waals surface area (Å²) in [6, 6.07) is 7.99. The SMILES string of the molecule is COC(=O)C1=C(Nc2cc(S(=O)(=O)Nc3cccc(S(N)(=O)=O)c3)ccc2O)C(=O)N(CCO)C1. The van der Waals surface area contributed by atoms with Gasteiger partial charge in [0.05, 0.1) is 47.0 Å². The van der Waals surface area contributed by atoms with E-state index in [9.17, 15) is 31.5 Å².